The van der Waals surface area contributed by atoms with Crippen molar-refractivity contribution in [3.8, 4) is 0 Å². The average molecular weight is 283 g/mol. The average Bonchev–Trinajstić information content (AvgIpc) is 2.87. The van der Waals surface area contributed by atoms with E-state index in [0.29, 0.717) is 18.1 Å². The molecule has 1 N–H and O–H groups in total. The molecule has 1 amide bonds. The minimum Gasteiger partial charge on any atom is -0.480 e. The lowest BCUT2D eigenvalue weighted by molar-refractivity contribution is -0.147. The molecule has 0 bridgehead atoms. The van der Waals surface area contributed by atoms with E-state index in [1.54, 1.807) is 12.1 Å². The highest BCUT2D eigenvalue weighted by Gasteiger charge is 2.33. The summed E-state index contributed by atoms with van der Waals surface area (Å²) in [6, 6.07) is 5.26. The quantitative estimate of drug-likeness (QED) is 0.914. The van der Waals surface area contributed by atoms with Crippen LogP contribution in [-0.2, 0) is 16.0 Å². The summed E-state index contributed by atoms with van der Waals surface area (Å²) in [5, 5.41) is 9.00. The van der Waals surface area contributed by atoms with Gasteiger partial charge in [-0.25, -0.2) is 9.18 Å². The third-order valence-electron chi connectivity index (χ3n) is 3.03. The molecule has 1 aliphatic heterocycles. The second-order valence-corrected chi connectivity index (χ2v) is 5.34. The number of carboxylic acid groups (broad SMARTS) is 1. The second-order valence-electron chi connectivity index (χ2n) is 4.34. The van der Waals surface area contributed by atoms with Crippen molar-refractivity contribution in [1.29, 1.82) is 0 Å². The molecule has 102 valence electrons. The number of benzene rings is 1. The van der Waals surface area contributed by atoms with E-state index in [9.17, 15) is 14.0 Å². The van der Waals surface area contributed by atoms with Crippen molar-refractivity contribution in [2.24, 2.45) is 0 Å². The molecule has 19 heavy (non-hydrogen) atoms. The predicted molar refractivity (Wildman–Crippen MR) is 70.3 cm³/mol. The smallest absolute Gasteiger partial charge is 0.327 e. The molecule has 0 aliphatic carbocycles. The van der Waals surface area contributed by atoms with E-state index < -0.39 is 12.0 Å². The summed E-state index contributed by atoms with van der Waals surface area (Å²) in [7, 11) is 0. The normalized spacial score (nSPS) is 18.6. The van der Waals surface area contributed by atoms with Crippen LogP contribution in [-0.4, -0.2) is 39.6 Å². The van der Waals surface area contributed by atoms with Gasteiger partial charge in [-0.05, 0) is 24.1 Å². The van der Waals surface area contributed by atoms with Gasteiger partial charge in [-0.1, -0.05) is 12.1 Å². The summed E-state index contributed by atoms with van der Waals surface area (Å²) >= 11 is 1.45. The largest absolute Gasteiger partial charge is 0.480 e. The van der Waals surface area contributed by atoms with Gasteiger partial charge in [0.25, 0.3) is 0 Å². The summed E-state index contributed by atoms with van der Waals surface area (Å²) in [6.07, 6.45) is 0.739. The van der Waals surface area contributed by atoms with Crippen LogP contribution >= 0.6 is 11.8 Å². The number of hydrogen-bond donors (Lipinski definition) is 1. The van der Waals surface area contributed by atoms with Crippen LogP contribution in [0.5, 0.6) is 0 Å². The number of hydrogen-bond acceptors (Lipinski definition) is 3. The first-order chi connectivity index (χ1) is 9.08. The first-order valence-electron chi connectivity index (χ1n) is 5.92. The summed E-state index contributed by atoms with van der Waals surface area (Å²) < 4.78 is 12.7. The highest BCUT2D eigenvalue weighted by molar-refractivity contribution is 7.99. The van der Waals surface area contributed by atoms with Gasteiger partial charge in [0.2, 0.25) is 5.91 Å². The van der Waals surface area contributed by atoms with Crippen molar-refractivity contribution in [3.05, 3.63) is 35.6 Å². The van der Waals surface area contributed by atoms with E-state index in [0.717, 1.165) is 5.56 Å². The molecule has 1 fully saturated rings. The maximum Gasteiger partial charge on any atom is 0.327 e. The lowest BCUT2D eigenvalue weighted by Crippen LogP contribution is -2.41. The number of nitrogens with zero attached hydrogens (tertiary/aromatic N) is 1. The number of carboxylic acids is 1. The number of rotatable bonds is 4. The van der Waals surface area contributed by atoms with Crippen molar-refractivity contribution < 1.29 is 19.1 Å². The molecule has 1 heterocycles. The zero-order valence-electron chi connectivity index (χ0n) is 10.2. The highest BCUT2D eigenvalue weighted by atomic mass is 32.2. The topological polar surface area (TPSA) is 57.6 Å². The second kappa shape index (κ2) is 6.06. The van der Waals surface area contributed by atoms with Crippen molar-refractivity contribution >= 4 is 23.6 Å². The molecule has 1 atom stereocenters. The SMILES string of the molecule is O=C(O)C1CSCN1C(=O)CCc1ccc(F)cc1. The standard InChI is InChI=1S/C13H14FNO3S/c14-10-4-1-9(2-5-10)3-6-12(16)15-8-19-7-11(15)13(17)18/h1-2,4-5,11H,3,6-8H2,(H,17,18). The van der Waals surface area contributed by atoms with Crippen molar-refractivity contribution in [3.63, 3.8) is 0 Å². The number of halogens is 1. The minimum absolute atomic E-state index is 0.165. The molecular weight excluding hydrogens is 269 g/mol. The van der Waals surface area contributed by atoms with Gasteiger partial charge in [0.1, 0.15) is 11.9 Å². The Hall–Kier alpha value is -1.56. The Kier molecular flexibility index (Phi) is 4.42. The fraction of sp³-hybridized carbons (Fsp3) is 0.385. The fourth-order valence-electron chi connectivity index (χ4n) is 1.94. The van der Waals surface area contributed by atoms with E-state index in [-0.39, 0.29) is 18.1 Å². The number of aliphatic carboxylic acids is 1. The van der Waals surface area contributed by atoms with Crippen LogP contribution in [0.25, 0.3) is 0 Å². The van der Waals surface area contributed by atoms with E-state index in [1.807, 2.05) is 0 Å². The van der Waals surface area contributed by atoms with E-state index in [2.05, 4.69) is 0 Å². The van der Waals surface area contributed by atoms with Crippen molar-refractivity contribution in [2.45, 2.75) is 18.9 Å². The molecule has 6 heteroatoms. The number of carbonyl (C=O) groups excluding carboxylic acids is 1. The maximum absolute atomic E-state index is 12.7. The van der Waals surface area contributed by atoms with E-state index in [1.165, 1.54) is 28.8 Å². The molecule has 1 saturated heterocycles. The Labute approximate surface area is 114 Å². The first kappa shape index (κ1) is 13.9. The molecule has 1 aromatic carbocycles. The van der Waals surface area contributed by atoms with Gasteiger partial charge in [0, 0.05) is 12.2 Å². The molecule has 1 aromatic rings. The zero-order chi connectivity index (χ0) is 13.8. The number of carbonyl (C=O) groups is 2. The van der Waals surface area contributed by atoms with Crippen LogP contribution < -0.4 is 0 Å². The molecule has 4 nitrogen and oxygen atoms in total. The van der Waals surface area contributed by atoms with E-state index >= 15 is 0 Å². The lowest BCUT2D eigenvalue weighted by atomic mass is 10.1. The van der Waals surface area contributed by atoms with Gasteiger partial charge < -0.3 is 10.0 Å². The van der Waals surface area contributed by atoms with Gasteiger partial charge in [-0.3, -0.25) is 4.79 Å². The fourth-order valence-corrected chi connectivity index (χ4v) is 3.11. The Morgan fingerprint density at radius 1 is 1.37 bits per heavy atom. The van der Waals surface area contributed by atoms with Crippen LogP contribution in [0.3, 0.4) is 0 Å². The summed E-state index contributed by atoms with van der Waals surface area (Å²) in [5.41, 5.74) is 0.869. The van der Waals surface area contributed by atoms with Crippen molar-refractivity contribution in [1.82, 2.24) is 4.90 Å². The monoisotopic (exact) mass is 283 g/mol. The molecule has 0 saturated carbocycles. The van der Waals surface area contributed by atoms with Crippen LogP contribution in [0.2, 0.25) is 0 Å². The van der Waals surface area contributed by atoms with Crippen LogP contribution in [0.4, 0.5) is 4.39 Å². The van der Waals surface area contributed by atoms with Crippen LogP contribution in [0.1, 0.15) is 12.0 Å². The first-order valence-corrected chi connectivity index (χ1v) is 7.08. The van der Waals surface area contributed by atoms with Gasteiger partial charge in [-0.15, -0.1) is 11.8 Å². The van der Waals surface area contributed by atoms with Gasteiger partial charge >= 0.3 is 5.97 Å². The Balaban J connectivity index is 1.90. The molecule has 0 aromatic heterocycles. The summed E-state index contributed by atoms with van der Waals surface area (Å²) in [4.78, 5) is 24.4. The Morgan fingerprint density at radius 2 is 2.05 bits per heavy atom. The number of amides is 1. The Morgan fingerprint density at radius 3 is 2.68 bits per heavy atom. The van der Waals surface area contributed by atoms with Gasteiger partial charge in [0.05, 0.1) is 5.88 Å². The molecule has 2 rings (SSSR count). The molecule has 1 aliphatic rings. The Bertz CT molecular complexity index is 477. The third kappa shape index (κ3) is 3.47. The summed E-state index contributed by atoms with van der Waals surface area (Å²) in [5.74, 6) is -0.560. The number of thioether (sulfide) groups is 1. The number of aryl methyl sites for hydroxylation is 1. The van der Waals surface area contributed by atoms with E-state index in [4.69, 9.17) is 5.11 Å². The molecular formula is C13H14FNO3S. The maximum atomic E-state index is 12.7. The summed E-state index contributed by atoms with van der Waals surface area (Å²) in [6.45, 7) is 0. The van der Waals surface area contributed by atoms with Gasteiger partial charge in [-0.2, -0.15) is 0 Å². The molecule has 1 unspecified atom stereocenters. The third-order valence-corrected chi connectivity index (χ3v) is 4.04. The minimum atomic E-state index is -0.958. The lowest BCUT2D eigenvalue weighted by Gasteiger charge is -2.20. The van der Waals surface area contributed by atoms with Gasteiger partial charge in [0.15, 0.2) is 0 Å². The van der Waals surface area contributed by atoms with Crippen molar-refractivity contribution in [2.75, 3.05) is 11.6 Å². The zero-order valence-corrected chi connectivity index (χ0v) is 11.0. The highest BCUT2D eigenvalue weighted by Crippen LogP contribution is 2.22. The molecule has 0 spiro atoms. The van der Waals surface area contributed by atoms with Crippen LogP contribution in [0.15, 0.2) is 24.3 Å². The molecule has 0 radical (unpaired) electrons. The van der Waals surface area contributed by atoms with Crippen LogP contribution in [0, 0.1) is 5.82 Å². The predicted octanol–water partition coefficient (Wildman–Crippen LogP) is 1.74.